The molecule has 2 heterocycles. The first-order valence-corrected chi connectivity index (χ1v) is 8.73. The van der Waals surface area contributed by atoms with Crippen molar-refractivity contribution in [2.45, 2.75) is 18.6 Å². The molecule has 0 unspecified atom stereocenters. The summed E-state index contributed by atoms with van der Waals surface area (Å²) in [4.78, 5) is 15.1. The van der Waals surface area contributed by atoms with Gasteiger partial charge in [-0.2, -0.15) is 8.42 Å². The molecule has 12 heteroatoms. The summed E-state index contributed by atoms with van der Waals surface area (Å²) in [6.07, 6.45) is 1.15. The summed E-state index contributed by atoms with van der Waals surface area (Å²) < 4.78 is 26.2. The highest BCUT2D eigenvalue weighted by Crippen LogP contribution is 2.32. The molecule has 0 saturated heterocycles. The molecule has 1 aliphatic rings. The fraction of sp³-hybridized carbons (Fsp3) is 0.583. The van der Waals surface area contributed by atoms with Crippen molar-refractivity contribution in [3.63, 3.8) is 0 Å². The van der Waals surface area contributed by atoms with Gasteiger partial charge in [-0.3, -0.25) is 4.18 Å². The van der Waals surface area contributed by atoms with Crippen molar-refractivity contribution in [1.82, 2.24) is 19.9 Å². The molecule has 4 atom stereocenters. The molecule has 0 aromatic carbocycles. The van der Waals surface area contributed by atoms with Gasteiger partial charge in [0.05, 0.1) is 25.1 Å². The smallest absolute Gasteiger partial charge is 0.333 e. The van der Waals surface area contributed by atoms with Crippen molar-refractivity contribution in [1.29, 1.82) is 0 Å². The summed E-state index contributed by atoms with van der Waals surface area (Å²) in [5, 5.41) is 28.0. The third kappa shape index (κ3) is 3.62. The van der Waals surface area contributed by atoms with Crippen LogP contribution in [0.15, 0.2) is 12.7 Å². The minimum absolute atomic E-state index is 0.273. The Kier molecular flexibility index (Phi) is 4.64. The maximum atomic E-state index is 10.8. The lowest BCUT2D eigenvalue weighted by Crippen LogP contribution is -2.32. The number of nitrogens with one attached hydrogen (secondary N) is 2. The van der Waals surface area contributed by atoms with Crippen LogP contribution in [-0.2, 0) is 14.5 Å². The van der Waals surface area contributed by atoms with Crippen molar-refractivity contribution >= 4 is 27.3 Å². The topological polar surface area (TPSA) is 176 Å². The Bertz CT molecular complexity index is 811. The van der Waals surface area contributed by atoms with E-state index in [0.717, 1.165) is 0 Å². The summed E-state index contributed by atoms with van der Waals surface area (Å²) >= 11 is 0. The molecule has 24 heavy (non-hydrogen) atoms. The molecule has 11 nitrogen and oxygen atoms in total. The van der Waals surface area contributed by atoms with Crippen molar-refractivity contribution in [3.8, 4) is 0 Å². The maximum Gasteiger partial charge on any atom is 0.333 e. The molecule has 1 aliphatic carbocycles. The van der Waals surface area contributed by atoms with Gasteiger partial charge in [0.25, 0.3) is 0 Å². The molecule has 2 aromatic rings. The quantitative estimate of drug-likeness (QED) is 0.404. The zero-order chi connectivity index (χ0) is 17.3. The van der Waals surface area contributed by atoms with E-state index < -0.39 is 28.4 Å². The molecule has 1 saturated carbocycles. The number of aromatic nitrogens is 4. The number of aliphatic hydroxyl groups is 2. The Morgan fingerprint density at radius 2 is 2.04 bits per heavy atom. The van der Waals surface area contributed by atoms with Gasteiger partial charge < -0.3 is 20.5 Å². The van der Waals surface area contributed by atoms with Crippen LogP contribution in [0.25, 0.3) is 11.2 Å². The maximum absolute atomic E-state index is 10.8. The van der Waals surface area contributed by atoms with E-state index in [4.69, 9.17) is 5.14 Å². The number of nitrogens with two attached hydrogens (primary N) is 1. The van der Waals surface area contributed by atoms with Gasteiger partial charge in [-0.1, -0.05) is 0 Å². The average molecular weight is 358 g/mol. The van der Waals surface area contributed by atoms with Crippen molar-refractivity contribution in [3.05, 3.63) is 12.7 Å². The minimum atomic E-state index is -4.08. The predicted molar refractivity (Wildman–Crippen MR) is 82.8 cm³/mol. The standard InChI is InChI=1S/C12H18N6O5S/c13-24(21,22)23-3-7-1-6(9(19)10(7)20)2-14-11-8-12(16-4-15-8)18-5-17-11/h4-7,9-10,19-20H,1-3H2,(H2,13,21,22)(H2,14,15,16,17,18)/t6-,7+,9-,10+/m0/s1. The number of hydrogen-bond donors (Lipinski definition) is 5. The van der Waals surface area contributed by atoms with E-state index in [9.17, 15) is 18.6 Å². The van der Waals surface area contributed by atoms with Gasteiger partial charge in [0.15, 0.2) is 11.5 Å². The van der Waals surface area contributed by atoms with Crippen LogP contribution < -0.4 is 10.5 Å². The first-order valence-electron chi connectivity index (χ1n) is 7.26. The molecule has 0 bridgehead atoms. The fourth-order valence-electron chi connectivity index (χ4n) is 2.90. The lowest BCUT2D eigenvalue weighted by Gasteiger charge is -2.17. The first kappa shape index (κ1) is 17.0. The van der Waals surface area contributed by atoms with E-state index in [2.05, 4.69) is 29.4 Å². The highest BCUT2D eigenvalue weighted by atomic mass is 32.2. The molecule has 2 aromatic heterocycles. The summed E-state index contributed by atoms with van der Waals surface area (Å²) in [6.45, 7) is 0.0494. The summed E-state index contributed by atoms with van der Waals surface area (Å²) in [6, 6.07) is 0. The van der Waals surface area contributed by atoms with Crippen LogP contribution in [0.3, 0.4) is 0 Å². The molecular weight excluding hydrogens is 340 g/mol. The molecular formula is C12H18N6O5S. The fourth-order valence-corrected chi connectivity index (χ4v) is 3.26. The van der Waals surface area contributed by atoms with Crippen molar-refractivity contribution in [2.75, 3.05) is 18.5 Å². The van der Waals surface area contributed by atoms with Gasteiger partial charge in [0, 0.05) is 18.4 Å². The zero-order valence-corrected chi connectivity index (χ0v) is 13.3. The molecule has 3 rings (SSSR count). The van der Waals surface area contributed by atoms with Crippen molar-refractivity contribution in [2.24, 2.45) is 17.0 Å². The normalized spacial score (nSPS) is 27.6. The summed E-state index contributed by atoms with van der Waals surface area (Å²) in [7, 11) is -4.08. The third-order valence-corrected chi connectivity index (χ3v) is 4.58. The van der Waals surface area contributed by atoms with Gasteiger partial charge >= 0.3 is 10.3 Å². The van der Waals surface area contributed by atoms with Crippen LogP contribution in [-0.4, -0.2) is 63.9 Å². The predicted octanol–water partition coefficient (Wildman–Crippen LogP) is -1.66. The van der Waals surface area contributed by atoms with E-state index in [1.165, 1.54) is 12.7 Å². The van der Waals surface area contributed by atoms with Gasteiger partial charge in [-0.25, -0.2) is 20.1 Å². The molecule has 132 valence electrons. The molecule has 0 spiro atoms. The summed E-state index contributed by atoms with van der Waals surface area (Å²) in [5.74, 6) is -0.328. The number of rotatable bonds is 6. The first-order chi connectivity index (χ1) is 11.3. The SMILES string of the molecule is NS(=O)(=O)OC[C@H]1C[C@@H](CNc2ncnc3[nH]cnc23)[C@H](O)[C@@H]1O. The molecule has 6 N–H and O–H groups in total. The zero-order valence-electron chi connectivity index (χ0n) is 12.5. The van der Waals surface area contributed by atoms with Gasteiger partial charge in [-0.05, 0) is 6.42 Å². The second-order valence-corrected chi connectivity index (χ2v) is 6.94. The van der Waals surface area contributed by atoms with Crippen molar-refractivity contribution < 1.29 is 22.8 Å². The minimum Gasteiger partial charge on any atom is -0.390 e. The van der Waals surface area contributed by atoms with Crippen LogP contribution >= 0.6 is 0 Å². The number of anilines is 1. The van der Waals surface area contributed by atoms with Crippen LogP contribution in [0.1, 0.15) is 6.42 Å². The second kappa shape index (κ2) is 6.57. The van der Waals surface area contributed by atoms with E-state index in [0.29, 0.717) is 29.9 Å². The Morgan fingerprint density at radius 1 is 1.29 bits per heavy atom. The number of imidazole rings is 1. The number of fused-ring (bicyclic) bond motifs is 1. The van der Waals surface area contributed by atoms with Gasteiger partial charge in [-0.15, -0.1) is 0 Å². The van der Waals surface area contributed by atoms with E-state index in [1.807, 2.05) is 0 Å². The number of aromatic amines is 1. The van der Waals surface area contributed by atoms with E-state index >= 15 is 0 Å². The van der Waals surface area contributed by atoms with Crippen LogP contribution in [0, 0.1) is 11.8 Å². The van der Waals surface area contributed by atoms with Gasteiger partial charge in [0.1, 0.15) is 11.8 Å². The highest BCUT2D eigenvalue weighted by Gasteiger charge is 2.41. The Hall–Kier alpha value is -1.86. The monoisotopic (exact) mass is 358 g/mol. The average Bonchev–Trinajstić information content (AvgIpc) is 3.10. The van der Waals surface area contributed by atoms with Crippen LogP contribution in [0.2, 0.25) is 0 Å². The van der Waals surface area contributed by atoms with Crippen LogP contribution in [0.4, 0.5) is 5.82 Å². The lowest BCUT2D eigenvalue weighted by molar-refractivity contribution is -0.00162. The number of nitrogens with zero attached hydrogens (tertiary/aromatic N) is 3. The second-order valence-electron chi connectivity index (χ2n) is 5.72. The van der Waals surface area contributed by atoms with E-state index in [-0.39, 0.29) is 12.5 Å². The Labute approximate surface area is 137 Å². The molecule has 0 aliphatic heterocycles. The largest absolute Gasteiger partial charge is 0.390 e. The number of hydrogen-bond acceptors (Lipinski definition) is 9. The Morgan fingerprint density at radius 3 is 2.79 bits per heavy atom. The third-order valence-electron chi connectivity index (χ3n) is 4.12. The number of aliphatic hydroxyl groups excluding tert-OH is 2. The molecule has 0 radical (unpaired) electrons. The van der Waals surface area contributed by atoms with Crippen LogP contribution in [0.5, 0.6) is 0 Å². The van der Waals surface area contributed by atoms with E-state index in [1.54, 1.807) is 0 Å². The molecule has 1 fully saturated rings. The van der Waals surface area contributed by atoms with Gasteiger partial charge in [0.2, 0.25) is 0 Å². The highest BCUT2D eigenvalue weighted by molar-refractivity contribution is 7.84. The summed E-state index contributed by atoms with van der Waals surface area (Å²) in [5.41, 5.74) is 1.15. The lowest BCUT2D eigenvalue weighted by atomic mass is 10.0. The number of H-pyrrole nitrogens is 1. The molecule has 0 amide bonds. The Balaban J connectivity index is 1.62.